The van der Waals surface area contributed by atoms with E-state index in [1.54, 1.807) is 0 Å². The topological polar surface area (TPSA) is 101 Å². The van der Waals surface area contributed by atoms with Gasteiger partial charge in [0.2, 0.25) is 5.91 Å². The van der Waals surface area contributed by atoms with Gasteiger partial charge in [-0.25, -0.2) is 22.0 Å². The minimum absolute atomic E-state index is 0.0335. The Balaban J connectivity index is 1.55. The number of rotatable bonds is 6. The summed E-state index contributed by atoms with van der Waals surface area (Å²) >= 11 is 0. The number of carboxylic acid groups (broad SMARTS) is 1. The molecule has 2 aromatic carbocycles. The number of alkyl halides is 7. The van der Waals surface area contributed by atoms with Crippen molar-refractivity contribution in [3.63, 3.8) is 0 Å². The molecule has 0 spiro atoms. The van der Waals surface area contributed by atoms with Gasteiger partial charge in [-0.3, -0.25) is 4.79 Å². The fraction of sp³-hybridized carbons (Fsp3) is 0.500. The number of nitrogens with zero attached hydrogens (tertiary/aromatic N) is 1. The quantitative estimate of drug-likeness (QED) is 0.329. The second-order valence-electron chi connectivity index (χ2n) is 11.5. The molecule has 3 aliphatic heterocycles. The van der Waals surface area contributed by atoms with Crippen LogP contribution in [0.3, 0.4) is 0 Å². The maximum atomic E-state index is 14.7. The fourth-order valence-electron chi connectivity index (χ4n) is 6.48. The maximum absolute atomic E-state index is 14.7. The monoisotopic (exact) mass is 655 g/mol. The molecule has 3 saturated heterocycles. The third kappa shape index (κ3) is 4.58. The van der Waals surface area contributed by atoms with Crippen molar-refractivity contribution >= 4 is 21.7 Å². The Hall–Kier alpha value is -3.27. The molecule has 1 N–H and O–H groups in total. The summed E-state index contributed by atoms with van der Waals surface area (Å²) in [6, 6.07) is 5.30. The third-order valence-corrected chi connectivity index (χ3v) is 11.7. The Morgan fingerprint density at radius 3 is 1.82 bits per heavy atom. The number of aliphatic carboxylic acids is 1. The second-order valence-corrected chi connectivity index (χ2v) is 13.8. The molecule has 0 unspecified atom stereocenters. The largest absolute Gasteiger partial charge is 0.479 e. The Morgan fingerprint density at radius 1 is 0.818 bits per heavy atom. The summed E-state index contributed by atoms with van der Waals surface area (Å²) < 4.78 is 140. The van der Waals surface area contributed by atoms with Crippen molar-refractivity contribution in [1.29, 1.82) is 0 Å². The SMILES string of the molecule is O=C(N1CC[C@](c2ccc(C(F)(C(F)(F)F)C(F)(F)F)cc2)(S(=O)(=O)c2ccc(F)cc2)C1)C12CCC(C(=O)O)(CC1)OC2. The third-order valence-electron chi connectivity index (χ3n) is 9.23. The van der Waals surface area contributed by atoms with Crippen molar-refractivity contribution < 1.29 is 63.0 Å². The Morgan fingerprint density at radius 2 is 1.36 bits per heavy atom. The lowest BCUT2D eigenvalue weighted by molar-refractivity contribution is -0.348. The predicted octanol–water partition coefficient (Wildman–Crippen LogP) is 5.43. The number of carbonyl (C=O) groups is 2. The number of halogens is 8. The van der Waals surface area contributed by atoms with Crippen molar-refractivity contribution in [2.24, 2.45) is 5.41 Å². The summed E-state index contributed by atoms with van der Waals surface area (Å²) in [6.07, 6.45) is -12.8. The highest BCUT2D eigenvalue weighted by atomic mass is 32.2. The number of hydrogen-bond donors (Lipinski definition) is 1. The maximum Gasteiger partial charge on any atom is 0.435 e. The van der Waals surface area contributed by atoms with E-state index in [-0.39, 0.29) is 63.0 Å². The summed E-state index contributed by atoms with van der Waals surface area (Å²) in [5.41, 5.74) is -10.5. The van der Waals surface area contributed by atoms with Crippen molar-refractivity contribution in [3.05, 3.63) is 65.5 Å². The summed E-state index contributed by atoms with van der Waals surface area (Å²) in [7, 11) is -4.62. The van der Waals surface area contributed by atoms with Crippen LogP contribution in [0.4, 0.5) is 35.1 Å². The molecule has 3 heterocycles. The summed E-state index contributed by atoms with van der Waals surface area (Å²) in [5, 5.41) is 9.56. The lowest BCUT2D eigenvalue weighted by atomic mass is 9.65. The molecule has 0 aromatic heterocycles. The van der Waals surface area contributed by atoms with Crippen LogP contribution in [0.2, 0.25) is 0 Å². The van der Waals surface area contributed by atoms with Crippen molar-refractivity contribution in [2.75, 3.05) is 19.7 Å². The first-order chi connectivity index (χ1) is 20.2. The van der Waals surface area contributed by atoms with E-state index in [0.717, 1.165) is 24.3 Å². The first-order valence-electron chi connectivity index (χ1n) is 13.4. The standard InChI is InChI=1S/C28H25F8NO6S/c29-19-5-7-20(8-6-19)44(41,42)25(17-1-3-18(4-2-17)26(30,27(31,32)33)28(34,35)36)13-14-37(15-25)21(38)23-9-11-24(12-10-23,22(39)40)43-16-23/h1-8H,9-16H2,(H,39,40)/t23?,24?,25-/m0/s1. The van der Waals surface area contributed by atoms with Crippen molar-refractivity contribution in [1.82, 2.24) is 4.90 Å². The summed E-state index contributed by atoms with van der Waals surface area (Å²) in [6.45, 7) is -1.03. The lowest BCUT2D eigenvalue weighted by Crippen LogP contribution is -2.60. The molecule has 4 aliphatic rings. The van der Waals surface area contributed by atoms with E-state index in [4.69, 9.17) is 4.74 Å². The van der Waals surface area contributed by atoms with E-state index in [0.29, 0.717) is 12.1 Å². The van der Waals surface area contributed by atoms with E-state index in [1.807, 2.05) is 0 Å². The molecule has 2 aromatic rings. The molecule has 6 rings (SSSR count). The van der Waals surface area contributed by atoms with Gasteiger partial charge in [0, 0.05) is 18.7 Å². The van der Waals surface area contributed by atoms with E-state index in [2.05, 4.69) is 0 Å². The predicted molar refractivity (Wildman–Crippen MR) is 135 cm³/mol. The molecular formula is C28H25F8NO6S. The normalized spacial score (nSPS) is 27.9. The van der Waals surface area contributed by atoms with Crippen LogP contribution in [-0.4, -0.2) is 68.0 Å². The minimum Gasteiger partial charge on any atom is -0.479 e. The number of fused-ring (bicyclic) bond motifs is 3. The number of benzene rings is 2. The van der Waals surface area contributed by atoms with Gasteiger partial charge in [-0.05, 0) is 61.9 Å². The molecule has 240 valence electrons. The van der Waals surface area contributed by atoms with Crippen molar-refractivity contribution in [3.8, 4) is 0 Å². The average Bonchev–Trinajstić information content (AvgIpc) is 3.44. The zero-order valence-electron chi connectivity index (χ0n) is 22.6. The van der Waals surface area contributed by atoms with E-state index in [9.17, 15) is 58.2 Å². The Labute approximate surface area is 245 Å². The molecule has 1 amide bonds. The molecule has 1 atom stereocenters. The van der Waals surface area contributed by atoms with Gasteiger partial charge in [0.05, 0.1) is 16.9 Å². The Bertz CT molecular complexity index is 1530. The molecule has 1 saturated carbocycles. The van der Waals surface area contributed by atoms with Gasteiger partial charge < -0.3 is 14.7 Å². The summed E-state index contributed by atoms with van der Waals surface area (Å²) in [4.78, 5) is 26.3. The zero-order valence-corrected chi connectivity index (χ0v) is 23.5. The van der Waals surface area contributed by atoms with Gasteiger partial charge in [-0.1, -0.05) is 24.3 Å². The molecule has 0 radical (unpaired) electrons. The van der Waals surface area contributed by atoms with E-state index in [1.165, 1.54) is 4.90 Å². The fourth-order valence-corrected chi connectivity index (χ4v) is 8.56. The number of hydrogen-bond acceptors (Lipinski definition) is 5. The minimum atomic E-state index is -6.39. The number of carbonyl (C=O) groups excluding carboxylic acids is 1. The highest BCUT2D eigenvalue weighted by Gasteiger charge is 2.73. The van der Waals surface area contributed by atoms with Crippen LogP contribution in [0.25, 0.3) is 0 Å². The number of ether oxygens (including phenoxy) is 1. The first-order valence-corrected chi connectivity index (χ1v) is 14.8. The molecular weight excluding hydrogens is 630 g/mol. The Kier molecular flexibility index (Phi) is 7.39. The van der Waals surface area contributed by atoms with Gasteiger partial charge in [0.15, 0.2) is 15.4 Å². The number of amides is 1. The second kappa shape index (κ2) is 10.1. The molecule has 2 bridgehead atoms. The van der Waals surface area contributed by atoms with Crippen LogP contribution in [0, 0.1) is 11.2 Å². The number of carboxylic acids is 1. The van der Waals surface area contributed by atoms with Gasteiger partial charge >= 0.3 is 24.0 Å². The van der Waals surface area contributed by atoms with Crippen LogP contribution in [0.15, 0.2) is 53.4 Å². The van der Waals surface area contributed by atoms with E-state index < -0.39 is 78.3 Å². The molecule has 1 aliphatic carbocycles. The van der Waals surface area contributed by atoms with E-state index >= 15 is 0 Å². The van der Waals surface area contributed by atoms with Crippen molar-refractivity contribution in [2.45, 2.75) is 65.4 Å². The summed E-state index contributed by atoms with van der Waals surface area (Å²) in [5.74, 6) is -2.49. The van der Waals surface area contributed by atoms with Gasteiger partial charge in [-0.15, -0.1) is 0 Å². The van der Waals surface area contributed by atoms with Crippen LogP contribution >= 0.6 is 0 Å². The zero-order chi connectivity index (χ0) is 32.6. The highest BCUT2D eigenvalue weighted by Crippen LogP contribution is 2.55. The van der Waals surface area contributed by atoms with Gasteiger partial charge in [0.1, 0.15) is 10.6 Å². The van der Waals surface area contributed by atoms with Gasteiger partial charge in [0.25, 0.3) is 0 Å². The highest BCUT2D eigenvalue weighted by molar-refractivity contribution is 7.92. The lowest BCUT2D eigenvalue weighted by Gasteiger charge is -2.50. The van der Waals surface area contributed by atoms with Crippen LogP contribution in [-0.2, 0) is 34.6 Å². The average molecular weight is 656 g/mol. The first kappa shape index (κ1) is 32.1. The smallest absolute Gasteiger partial charge is 0.435 e. The van der Waals surface area contributed by atoms with Crippen LogP contribution < -0.4 is 0 Å². The number of likely N-dealkylation sites (tertiary alicyclic amines) is 1. The molecule has 7 nitrogen and oxygen atoms in total. The van der Waals surface area contributed by atoms with Crippen LogP contribution in [0.1, 0.15) is 43.2 Å². The number of sulfone groups is 1. The molecule has 16 heteroatoms. The molecule has 44 heavy (non-hydrogen) atoms. The van der Waals surface area contributed by atoms with Gasteiger partial charge in [-0.2, -0.15) is 26.3 Å². The van der Waals surface area contributed by atoms with Crippen LogP contribution in [0.5, 0.6) is 0 Å². The molecule has 4 fully saturated rings.